The minimum Gasteiger partial charge on any atom is -0.0965 e. The van der Waals surface area contributed by atoms with Gasteiger partial charge in [-0.3, -0.25) is 0 Å². The second kappa shape index (κ2) is 20.6. The van der Waals surface area contributed by atoms with E-state index in [1.807, 2.05) is 12.4 Å². The van der Waals surface area contributed by atoms with Gasteiger partial charge in [-0.15, -0.1) is 0 Å². The van der Waals surface area contributed by atoms with Crippen LogP contribution in [0.15, 0.2) is 40.3 Å². The van der Waals surface area contributed by atoms with Crippen LogP contribution in [0.3, 0.4) is 0 Å². The maximum atomic E-state index is 4.66. The zero-order chi connectivity index (χ0) is 24.8. The lowest BCUT2D eigenvalue weighted by Gasteiger charge is -2.26. The van der Waals surface area contributed by atoms with Crippen LogP contribution in [0.5, 0.6) is 0 Å². The molecule has 1 aromatic carbocycles. The molecule has 1 heterocycles. The van der Waals surface area contributed by atoms with E-state index in [2.05, 4.69) is 54.2 Å². The molecule has 2 unspecified atom stereocenters. The number of aliphatic imine (C=N–C) groups is 2. The summed E-state index contributed by atoms with van der Waals surface area (Å²) in [7, 11) is 0. The fraction of sp³-hybridized carbons (Fsp3) is 0.727. The molecule has 0 fully saturated rings. The molecule has 0 saturated heterocycles. The van der Waals surface area contributed by atoms with Crippen molar-refractivity contribution in [2.45, 2.75) is 142 Å². The molecule has 0 N–H and O–H groups in total. The van der Waals surface area contributed by atoms with Crippen molar-refractivity contribution in [3.05, 3.63) is 42.1 Å². The summed E-state index contributed by atoms with van der Waals surface area (Å²) in [6, 6.07) is 11.1. The number of unbranched alkanes of at least 4 members (excludes halogenated alkanes) is 15. The summed E-state index contributed by atoms with van der Waals surface area (Å²) in [5.74, 6) is 1.15. The first kappa shape index (κ1) is 29.7. The molecule has 0 saturated carbocycles. The molecule has 1 aliphatic rings. The molecule has 2 nitrogen and oxygen atoms in total. The van der Waals surface area contributed by atoms with Crippen molar-refractivity contribution in [3.8, 4) is 0 Å². The molecule has 0 radical (unpaired) electrons. The van der Waals surface area contributed by atoms with E-state index in [0.717, 1.165) is 12.6 Å². The lowest BCUT2D eigenvalue weighted by molar-refractivity contribution is 0.284. The molecule has 2 atom stereocenters. The van der Waals surface area contributed by atoms with E-state index in [9.17, 15) is 0 Å². The molecule has 35 heavy (non-hydrogen) atoms. The highest BCUT2D eigenvalue weighted by Gasteiger charge is 2.35. The fourth-order valence-electron chi connectivity index (χ4n) is 5.60. The Morgan fingerprint density at radius 3 is 1.57 bits per heavy atom. The standard InChI is InChI=1S/C33H55N2/c1-3-5-7-8-9-10-11-12-13-14-15-16-17-22-25-31(29-30-23-20-18-21-24-30)32(26-19-6-4-2)33-34-27-28-35-33/h18,20-21,23-24,27-28,31-32H,3-17,19,22,25-26,29H2,1-2H3/q+1. The molecule has 2 rings (SSSR count). The van der Waals surface area contributed by atoms with Gasteiger partial charge in [-0.25, -0.2) is 0 Å². The minimum absolute atomic E-state index is 0.499. The summed E-state index contributed by atoms with van der Waals surface area (Å²) in [6.45, 7) is 4.60. The SMILES string of the molecule is CCCCCCCCCCCCCCCCC(Cc1ccccc1)C(CCCCC)[C+]1N=CC=N1. The smallest absolute Gasteiger partial charge is 0.0965 e. The lowest BCUT2D eigenvalue weighted by Crippen LogP contribution is -2.22. The molecule has 1 aliphatic heterocycles. The average molecular weight is 480 g/mol. The first-order valence-electron chi connectivity index (χ1n) is 15.3. The number of hydrogen-bond donors (Lipinski definition) is 0. The van der Waals surface area contributed by atoms with Crippen LogP contribution in [0.25, 0.3) is 0 Å². The van der Waals surface area contributed by atoms with Crippen LogP contribution in [0.4, 0.5) is 0 Å². The zero-order valence-corrected chi connectivity index (χ0v) is 23.2. The molecule has 0 bridgehead atoms. The summed E-state index contributed by atoms with van der Waals surface area (Å²) in [5.41, 5.74) is 1.47. The monoisotopic (exact) mass is 479 g/mol. The van der Waals surface area contributed by atoms with Crippen LogP contribution in [-0.2, 0) is 6.42 Å². The number of hydrogen-bond acceptors (Lipinski definition) is 2. The predicted octanol–water partition coefficient (Wildman–Crippen LogP) is 10.6. The van der Waals surface area contributed by atoms with Gasteiger partial charge in [0.15, 0.2) is 12.4 Å². The van der Waals surface area contributed by atoms with Crippen LogP contribution in [0.2, 0.25) is 0 Å². The van der Waals surface area contributed by atoms with Gasteiger partial charge in [-0.1, -0.05) is 163 Å². The van der Waals surface area contributed by atoms with Crippen LogP contribution in [-0.4, -0.2) is 12.4 Å². The maximum absolute atomic E-state index is 4.66. The van der Waals surface area contributed by atoms with Crippen molar-refractivity contribution >= 4 is 12.4 Å². The molecule has 1 aromatic rings. The Bertz CT molecular complexity index is 638. The third-order valence-electron chi connectivity index (χ3n) is 7.77. The predicted molar refractivity (Wildman–Crippen MR) is 156 cm³/mol. The number of nitrogens with zero attached hydrogens (tertiary/aromatic N) is 2. The average Bonchev–Trinajstić information content (AvgIpc) is 3.41. The molecule has 0 aliphatic carbocycles. The Labute approximate surface area is 218 Å². The van der Waals surface area contributed by atoms with E-state index in [-0.39, 0.29) is 0 Å². The van der Waals surface area contributed by atoms with Gasteiger partial charge < -0.3 is 0 Å². The van der Waals surface area contributed by atoms with Crippen molar-refractivity contribution in [2.75, 3.05) is 0 Å². The highest BCUT2D eigenvalue weighted by atomic mass is 15.0. The molecule has 0 aromatic heterocycles. The van der Waals surface area contributed by atoms with Gasteiger partial charge in [0, 0.05) is 0 Å². The van der Waals surface area contributed by atoms with Crippen LogP contribution >= 0.6 is 0 Å². The highest BCUT2D eigenvalue weighted by molar-refractivity contribution is 6.18. The Kier molecular flexibility index (Phi) is 17.5. The fourth-order valence-corrected chi connectivity index (χ4v) is 5.60. The van der Waals surface area contributed by atoms with Crippen molar-refractivity contribution in [2.24, 2.45) is 21.8 Å². The minimum atomic E-state index is 0.499. The zero-order valence-electron chi connectivity index (χ0n) is 23.2. The molecule has 196 valence electrons. The maximum Gasteiger partial charge on any atom is 0.244 e. The van der Waals surface area contributed by atoms with Gasteiger partial charge in [-0.2, -0.15) is 0 Å². The molecule has 0 amide bonds. The lowest BCUT2D eigenvalue weighted by atomic mass is 9.78. The normalized spacial score (nSPS) is 14.6. The third kappa shape index (κ3) is 13.9. The Morgan fingerprint density at radius 1 is 0.571 bits per heavy atom. The Hall–Kier alpha value is -1.57. The van der Waals surface area contributed by atoms with E-state index < -0.39 is 0 Å². The van der Waals surface area contributed by atoms with Gasteiger partial charge in [-0.05, 0) is 30.7 Å². The third-order valence-corrected chi connectivity index (χ3v) is 7.77. The topological polar surface area (TPSA) is 24.7 Å². The van der Waals surface area contributed by atoms with Crippen molar-refractivity contribution < 1.29 is 0 Å². The summed E-state index contributed by atoms with van der Waals surface area (Å²) < 4.78 is 0. The summed E-state index contributed by atoms with van der Waals surface area (Å²) in [5, 5.41) is 0. The Morgan fingerprint density at radius 2 is 1.03 bits per heavy atom. The second-order valence-electron chi connectivity index (χ2n) is 10.9. The van der Waals surface area contributed by atoms with E-state index in [1.165, 1.54) is 128 Å². The van der Waals surface area contributed by atoms with Gasteiger partial charge in [0.2, 0.25) is 6.17 Å². The van der Waals surface area contributed by atoms with Crippen LogP contribution in [0, 0.1) is 18.0 Å². The van der Waals surface area contributed by atoms with E-state index in [1.54, 1.807) is 0 Å². The van der Waals surface area contributed by atoms with E-state index in [0.29, 0.717) is 11.8 Å². The molecular formula is C33H55N2+. The van der Waals surface area contributed by atoms with Crippen LogP contribution in [0.1, 0.15) is 141 Å². The second-order valence-corrected chi connectivity index (χ2v) is 10.9. The number of rotatable bonds is 23. The molecule has 2 heteroatoms. The highest BCUT2D eigenvalue weighted by Crippen LogP contribution is 2.36. The summed E-state index contributed by atoms with van der Waals surface area (Å²) in [4.78, 5) is 9.33. The van der Waals surface area contributed by atoms with Gasteiger partial charge in [0.1, 0.15) is 0 Å². The van der Waals surface area contributed by atoms with Crippen molar-refractivity contribution in [1.82, 2.24) is 0 Å². The Balaban J connectivity index is 1.67. The van der Waals surface area contributed by atoms with E-state index in [4.69, 9.17) is 0 Å². The van der Waals surface area contributed by atoms with Gasteiger partial charge >= 0.3 is 0 Å². The largest absolute Gasteiger partial charge is 0.244 e. The quantitative estimate of drug-likeness (QED) is 0.110. The first-order valence-corrected chi connectivity index (χ1v) is 15.3. The first-order chi connectivity index (χ1) is 17.3. The number of benzene rings is 1. The van der Waals surface area contributed by atoms with Gasteiger partial charge in [0.25, 0.3) is 0 Å². The van der Waals surface area contributed by atoms with Gasteiger partial charge in [0.05, 0.1) is 5.92 Å². The summed E-state index contributed by atoms with van der Waals surface area (Å²) >= 11 is 0. The van der Waals surface area contributed by atoms with E-state index >= 15 is 0 Å². The van der Waals surface area contributed by atoms with Crippen molar-refractivity contribution in [3.63, 3.8) is 0 Å². The molecular weight excluding hydrogens is 424 g/mol. The van der Waals surface area contributed by atoms with Crippen molar-refractivity contribution in [1.29, 1.82) is 0 Å². The summed E-state index contributed by atoms with van der Waals surface area (Å²) in [6.07, 6.45) is 32.4. The molecule has 0 spiro atoms. The van der Waals surface area contributed by atoms with Crippen LogP contribution < -0.4 is 0 Å².